The highest BCUT2D eigenvalue weighted by Gasteiger charge is 2.16. The molecule has 0 atom stereocenters. The average Bonchev–Trinajstić information content (AvgIpc) is 2.46. The van der Waals surface area contributed by atoms with Crippen LogP contribution in [-0.4, -0.2) is 32.5 Å². The molecule has 0 unspecified atom stereocenters. The van der Waals surface area contributed by atoms with Crippen LogP contribution < -0.4 is 14.8 Å². The standard InChI is InChI=1S/C16H23NO4/c1-5-6-14(19)13-10-16(21-4)15(20-3)9-12(13)7-8-17-11(2)18/h9-10H,5-8H2,1-4H3,(H,17,18). The van der Waals surface area contributed by atoms with Crippen LogP contribution in [-0.2, 0) is 11.2 Å². The first kappa shape index (κ1) is 17.0. The minimum absolute atomic E-state index is 0.0799. The van der Waals surface area contributed by atoms with E-state index in [1.165, 1.54) is 6.92 Å². The fraction of sp³-hybridized carbons (Fsp3) is 0.500. The summed E-state index contributed by atoms with van der Waals surface area (Å²) >= 11 is 0. The molecule has 1 amide bonds. The second-order valence-electron chi connectivity index (χ2n) is 4.77. The van der Waals surface area contributed by atoms with Crippen molar-refractivity contribution in [2.45, 2.75) is 33.1 Å². The molecule has 0 radical (unpaired) electrons. The molecule has 0 fully saturated rings. The van der Waals surface area contributed by atoms with Crippen molar-refractivity contribution in [3.8, 4) is 11.5 Å². The van der Waals surface area contributed by atoms with Crippen LogP contribution in [0.3, 0.4) is 0 Å². The number of ketones is 1. The van der Waals surface area contributed by atoms with Gasteiger partial charge in [0.05, 0.1) is 14.2 Å². The Morgan fingerprint density at radius 2 is 1.76 bits per heavy atom. The molecule has 1 N–H and O–H groups in total. The summed E-state index contributed by atoms with van der Waals surface area (Å²) in [5.41, 5.74) is 1.50. The lowest BCUT2D eigenvalue weighted by Gasteiger charge is -2.14. The van der Waals surface area contributed by atoms with Crippen LogP contribution in [0.15, 0.2) is 12.1 Å². The third-order valence-electron chi connectivity index (χ3n) is 3.16. The number of carbonyl (C=O) groups excluding carboxylic acids is 2. The number of Topliss-reactive ketones (excluding diaryl/α,β-unsaturated/α-hetero) is 1. The fourth-order valence-corrected chi connectivity index (χ4v) is 2.12. The summed E-state index contributed by atoms with van der Waals surface area (Å²) in [6.07, 6.45) is 1.85. The van der Waals surface area contributed by atoms with Crippen LogP contribution in [0.1, 0.15) is 42.6 Å². The molecule has 1 aromatic rings. The molecule has 0 aromatic heterocycles. The Morgan fingerprint density at radius 3 is 2.29 bits per heavy atom. The second kappa shape index (κ2) is 8.29. The van der Waals surface area contributed by atoms with Crippen molar-refractivity contribution in [1.82, 2.24) is 5.32 Å². The van der Waals surface area contributed by atoms with Crippen LogP contribution in [0.25, 0.3) is 0 Å². The maximum absolute atomic E-state index is 12.2. The van der Waals surface area contributed by atoms with Crippen LogP contribution in [0.4, 0.5) is 0 Å². The number of rotatable bonds is 8. The van der Waals surface area contributed by atoms with Crippen molar-refractivity contribution in [1.29, 1.82) is 0 Å². The number of hydrogen-bond donors (Lipinski definition) is 1. The number of ether oxygens (including phenoxy) is 2. The van der Waals surface area contributed by atoms with Crippen LogP contribution in [0.5, 0.6) is 11.5 Å². The Morgan fingerprint density at radius 1 is 1.14 bits per heavy atom. The Labute approximate surface area is 125 Å². The Balaban J connectivity index is 3.10. The third-order valence-corrected chi connectivity index (χ3v) is 3.16. The number of amides is 1. The highest BCUT2D eigenvalue weighted by Crippen LogP contribution is 2.31. The summed E-state index contributed by atoms with van der Waals surface area (Å²) in [6.45, 7) is 3.92. The van der Waals surface area contributed by atoms with Crippen molar-refractivity contribution >= 4 is 11.7 Å². The number of nitrogens with one attached hydrogen (secondary N) is 1. The van der Waals surface area contributed by atoms with E-state index < -0.39 is 0 Å². The average molecular weight is 293 g/mol. The van der Waals surface area contributed by atoms with Gasteiger partial charge in [0.15, 0.2) is 17.3 Å². The van der Waals surface area contributed by atoms with E-state index in [-0.39, 0.29) is 11.7 Å². The van der Waals surface area contributed by atoms with Crippen LogP contribution in [0.2, 0.25) is 0 Å². The zero-order valence-electron chi connectivity index (χ0n) is 13.1. The smallest absolute Gasteiger partial charge is 0.216 e. The molecule has 0 heterocycles. The predicted molar refractivity (Wildman–Crippen MR) is 81.2 cm³/mol. The SMILES string of the molecule is CCCC(=O)c1cc(OC)c(OC)cc1CCNC(C)=O. The van der Waals surface area contributed by atoms with Gasteiger partial charge in [-0.25, -0.2) is 0 Å². The molecule has 0 bridgehead atoms. The maximum atomic E-state index is 12.2. The molecule has 5 nitrogen and oxygen atoms in total. The summed E-state index contributed by atoms with van der Waals surface area (Å²) in [5, 5.41) is 2.74. The van der Waals surface area contributed by atoms with Gasteiger partial charge in [0.1, 0.15) is 0 Å². The van der Waals surface area contributed by atoms with Crippen molar-refractivity contribution in [2.24, 2.45) is 0 Å². The Bertz CT molecular complexity index is 511. The van der Waals surface area contributed by atoms with Crippen LogP contribution in [0, 0.1) is 0 Å². The van der Waals surface area contributed by atoms with Gasteiger partial charge in [-0.15, -0.1) is 0 Å². The van der Waals surface area contributed by atoms with Gasteiger partial charge in [0, 0.05) is 25.5 Å². The van der Waals surface area contributed by atoms with E-state index in [1.54, 1.807) is 20.3 Å². The minimum Gasteiger partial charge on any atom is -0.493 e. The van der Waals surface area contributed by atoms with Gasteiger partial charge in [-0.1, -0.05) is 6.92 Å². The van der Waals surface area contributed by atoms with E-state index in [0.29, 0.717) is 36.4 Å². The molecule has 0 aliphatic carbocycles. The highest BCUT2D eigenvalue weighted by molar-refractivity contribution is 5.98. The van der Waals surface area contributed by atoms with Gasteiger partial charge >= 0.3 is 0 Å². The lowest BCUT2D eigenvalue weighted by atomic mass is 9.97. The maximum Gasteiger partial charge on any atom is 0.216 e. The largest absolute Gasteiger partial charge is 0.493 e. The highest BCUT2D eigenvalue weighted by atomic mass is 16.5. The molecule has 21 heavy (non-hydrogen) atoms. The minimum atomic E-state index is -0.0862. The molecular formula is C16H23NO4. The van der Waals surface area contributed by atoms with Gasteiger partial charge in [-0.2, -0.15) is 0 Å². The first-order valence-corrected chi connectivity index (χ1v) is 7.06. The van der Waals surface area contributed by atoms with E-state index in [2.05, 4.69) is 5.32 Å². The monoisotopic (exact) mass is 293 g/mol. The van der Waals surface area contributed by atoms with Crippen molar-refractivity contribution in [3.63, 3.8) is 0 Å². The third kappa shape index (κ3) is 4.77. The normalized spacial score (nSPS) is 10.1. The molecule has 116 valence electrons. The molecule has 0 spiro atoms. The molecule has 0 saturated carbocycles. The van der Waals surface area contributed by atoms with Gasteiger partial charge in [0.25, 0.3) is 0 Å². The Hall–Kier alpha value is -2.04. The van der Waals surface area contributed by atoms with Crippen molar-refractivity contribution < 1.29 is 19.1 Å². The molecule has 5 heteroatoms. The van der Waals surface area contributed by atoms with E-state index >= 15 is 0 Å². The second-order valence-corrected chi connectivity index (χ2v) is 4.77. The van der Waals surface area contributed by atoms with Gasteiger partial charge < -0.3 is 14.8 Å². The lowest BCUT2D eigenvalue weighted by molar-refractivity contribution is -0.118. The van der Waals surface area contributed by atoms with E-state index in [4.69, 9.17) is 9.47 Å². The zero-order chi connectivity index (χ0) is 15.8. The van der Waals surface area contributed by atoms with E-state index in [1.807, 2.05) is 13.0 Å². The molecule has 1 rings (SSSR count). The molecule has 0 aliphatic heterocycles. The number of methoxy groups -OCH3 is 2. The summed E-state index contributed by atoms with van der Waals surface area (Å²) in [4.78, 5) is 23.2. The summed E-state index contributed by atoms with van der Waals surface area (Å²) < 4.78 is 10.5. The summed E-state index contributed by atoms with van der Waals surface area (Å²) in [6, 6.07) is 3.53. The first-order valence-electron chi connectivity index (χ1n) is 7.06. The summed E-state index contributed by atoms with van der Waals surface area (Å²) in [5.74, 6) is 1.12. The molecular weight excluding hydrogens is 270 g/mol. The van der Waals surface area contributed by atoms with Crippen molar-refractivity contribution in [3.05, 3.63) is 23.3 Å². The van der Waals surface area contributed by atoms with Gasteiger partial charge in [-0.3, -0.25) is 9.59 Å². The summed E-state index contributed by atoms with van der Waals surface area (Å²) in [7, 11) is 3.10. The topological polar surface area (TPSA) is 64.6 Å². The molecule has 1 aromatic carbocycles. The van der Waals surface area contributed by atoms with Crippen LogP contribution >= 0.6 is 0 Å². The quantitative estimate of drug-likeness (QED) is 0.747. The van der Waals surface area contributed by atoms with E-state index in [0.717, 1.165) is 12.0 Å². The zero-order valence-corrected chi connectivity index (χ0v) is 13.1. The van der Waals surface area contributed by atoms with Gasteiger partial charge in [0.2, 0.25) is 5.91 Å². The number of hydrogen-bond acceptors (Lipinski definition) is 4. The lowest BCUT2D eigenvalue weighted by Crippen LogP contribution is -2.23. The Kier molecular flexibility index (Phi) is 6.72. The number of carbonyl (C=O) groups is 2. The van der Waals surface area contributed by atoms with Gasteiger partial charge in [-0.05, 0) is 30.5 Å². The predicted octanol–water partition coefficient (Wildman–Crippen LogP) is 2.37. The van der Waals surface area contributed by atoms with Crippen molar-refractivity contribution in [2.75, 3.05) is 20.8 Å². The number of benzene rings is 1. The molecule has 0 saturated heterocycles. The molecule has 0 aliphatic rings. The van der Waals surface area contributed by atoms with E-state index in [9.17, 15) is 9.59 Å². The fourth-order valence-electron chi connectivity index (χ4n) is 2.12. The first-order chi connectivity index (χ1) is 10.0.